The van der Waals surface area contributed by atoms with Gasteiger partial charge in [-0.05, 0) is 36.6 Å². The second-order valence-electron chi connectivity index (χ2n) is 6.85. The molecule has 3 aliphatic heterocycles. The molecule has 1 radical (unpaired) electrons. The molecule has 22 heavy (non-hydrogen) atoms. The number of ether oxygens (including phenoxy) is 1. The Balaban J connectivity index is 1.49. The lowest BCUT2D eigenvalue weighted by Gasteiger charge is -2.22. The number of fused-ring (bicyclic) bond motifs is 2. The Morgan fingerprint density at radius 1 is 1.45 bits per heavy atom. The van der Waals surface area contributed by atoms with Gasteiger partial charge in [-0.15, -0.1) is 0 Å². The van der Waals surface area contributed by atoms with Gasteiger partial charge in [0.05, 0.1) is 11.7 Å². The zero-order valence-corrected chi connectivity index (χ0v) is 12.9. The van der Waals surface area contributed by atoms with Crippen LogP contribution in [0.25, 0.3) is 0 Å². The molecule has 0 spiro atoms. The minimum atomic E-state index is -0.500. The van der Waals surface area contributed by atoms with Crippen molar-refractivity contribution in [2.45, 2.75) is 38.2 Å². The molecule has 4 nitrogen and oxygen atoms in total. The van der Waals surface area contributed by atoms with E-state index in [2.05, 4.69) is 12.2 Å². The van der Waals surface area contributed by atoms with Gasteiger partial charge in [-0.25, -0.2) is 4.79 Å². The summed E-state index contributed by atoms with van der Waals surface area (Å²) in [5.74, 6) is 1.26. The van der Waals surface area contributed by atoms with Crippen molar-refractivity contribution in [2.75, 3.05) is 19.6 Å². The number of hydrogen-bond acceptors (Lipinski definition) is 4. The first-order chi connectivity index (χ1) is 10.6. The number of nitrogens with zero attached hydrogens (tertiary/aromatic N) is 1. The predicted molar refractivity (Wildman–Crippen MR) is 84.1 cm³/mol. The summed E-state index contributed by atoms with van der Waals surface area (Å²) < 4.78 is 5.09. The molecule has 0 bridgehead atoms. The van der Waals surface area contributed by atoms with E-state index in [4.69, 9.17) is 4.74 Å². The highest BCUT2D eigenvalue weighted by Crippen LogP contribution is 2.39. The largest absolute Gasteiger partial charge is 0.457 e. The lowest BCUT2D eigenvalue weighted by atomic mass is 9.66. The molecule has 1 aromatic carbocycles. The second-order valence-corrected chi connectivity index (χ2v) is 6.85. The fraction of sp³-hybridized carbons (Fsp3) is 0.588. The van der Waals surface area contributed by atoms with E-state index in [1.807, 2.05) is 13.0 Å². The number of aliphatic hydroxyl groups excluding tert-OH is 1. The Morgan fingerprint density at radius 3 is 3.14 bits per heavy atom. The van der Waals surface area contributed by atoms with Gasteiger partial charge in [0.1, 0.15) is 13.9 Å². The molecule has 2 unspecified atom stereocenters. The van der Waals surface area contributed by atoms with Crippen molar-refractivity contribution in [3.8, 4) is 0 Å². The molecule has 3 atom stereocenters. The minimum Gasteiger partial charge on any atom is -0.457 e. The van der Waals surface area contributed by atoms with Crippen molar-refractivity contribution in [1.82, 2.24) is 4.90 Å². The molecule has 0 aromatic heterocycles. The normalized spacial score (nSPS) is 28.2. The number of carbonyl (C=O) groups is 1. The van der Waals surface area contributed by atoms with Crippen molar-refractivity contribution in [3.05, 3.63) is 34.4 Å². The third-order valence-corrected chi connectivity index (χ3v) is 5.57. The molecule has 0 aliphatic carbocycles. The van der Waals surface area contributed by atoms with Crippen molar-refractivity contribution in [2.24, 2.45) is 5.92 Å². The third-order valence-electron chi connectivity index (χ3n) is 5.57. The van der Waals surface area contributed by atoms with Gasteiger partial charge in [0.25, 0.3) is 0 Å². The molecule has 2 saturated heterocycles. The first-order valence-corrected chi connectivity index (χ1v) is 8.16. The van der Waals surface area contributed by atoms with E-state index in [0.717, 1.165) is 41.5 Å². The number of aliphatic hydroxyl groups is 1. The maximum absolute atomic E-state index is 11.6. The van der Waals surface area contributed by atoms with E-state index in [0.29, 0.717) is 18.7 Å². The van der Waals surface area contributed by atoms with Crippen molar-refractivity contribution in [3.63, 3.8) is 0 Å². The second kappa shape index (κ2) is 5.39. The summed E-state index contributed by atoms with van der Waals surface area (Å²) in [5.41, 5.74) is 3.52. The minimum absolute atomic E-state index is 0.248. The van der Waals surface area contributed by atoms with Gasteiger partial charge in [-0.3, -0.25) is 0 Å². The maximum Gasteiger partial charge on any atom is 0.338 e. The van der Waals surface area contributed by atoms with Crippen molar-refractivity contribution < 1.29 is 14.6 Å². The summed E-state index contributed by atoms with van der Waals surface area (Å²) in [6.07, 6.45) is 2.05. The Labute approximate surface area is 131 Å². The van der Waals surface area contributed by atoms with Gasteiger partial charge < -0.3 is 14.7 Å². The highest BCUT2D eigenvalue weighted by atomic mass is 16.5. The van der Waals surface area contributed by atoms with Crippen LogP contribution in [0.3, 0.4) is 0 Å². The summed E-state index contributed by atoms with van der Waals surface area (Å²) in [5, 5.41) is 10.6. The van der Waals surface area contributed by atoms with Gasteiger partial charge in [0.15, 0.2) is 0 Å². The van der Waals surface area contributed by atoms with Crippen molar-refractivity contribution >= 4 is 13.2 Å². The Hall–Kier alpha value is -1.33. The molecule has 0 saturated carbocycles. The number of esters is 1. The molecule has 1 aromatic rings. The van der Waals surface area contributed by atoms with E-state index in [1.165, 1.54) is 12.7 Å². The lowest BCUT2D eigenvalue weighted by molar-refractivity contribution is 0.0535. The number of rotatable bonds is 3. The van der Waals surface area contributed by atoms with Crippen LogP contribution in [-0.2, 0) is 11.3 Å². The molecule has 4 rings (SSSR count). The lowest BCUT2D eigenvalue weighted by Crippen LogP contribution is -2.27. The highest BCUT2D eigenvalue weighted by Gasteiger charge is 2.37. The summed E-state index contributed by atoms with van der Waals surface area (Å²) in [7, 11) is 2.45. The molecule has 0 amide bonds. The van der Waals surface area contributed by atoms with Crippen LogP contribution >= 0.6 is 0 Å². The molecule has 115 valence electrons. The summed E-state index contributed by atoms with van der Waals surface area (Å²) in [6.45, 7) is 5.17. The monoisotopic (exact) mass is 298 g/mol. The molecule has 2 fully saturated rings. The van der Waals surface area contributed by atoms with Crippen LogP contribution in [0.1, 0.15) is 39.6 Å². The number of cyclic esters (lactones) is 1. The topological polar surface area (TPSA) is 49.8 Å². The highest BCUT2D eigenvalue weighted by molar-refractivity contribution is 6.39. The van der Waals surface area contributed by atoms with Crippen LogP contribution in [0.2, 0.25) is 12.1 Å². The standard InChI is InChI=1S/C17H21BNO3/c1-10-12(2-3-13-14(10)9-22-17(13)21)16(20)8-19-6-11-4-5-18-15(11)7-19/h2-3,11,15-16,20H,4-9H2,1H3/t11?,15?,16-/m0/s1. The Bertz CT molecular complexity index is 606. The quantitative estimate of drug-likeness (QED) is 0.684. The van der Waals surface area contributed by atoms with Crippen molar-refractivity contribution in [1.29, 1.82) is 0 Å². The van der Waals surface area contributed by atoms with Crippen LogP contribution in [0, 0.1) is 12.8 Å². The van der Waals surface area contributed by atoms with Gasteiger partial charge in [-0.2, -0.15) is 0 Å². The van der Waals surface area contributed by atoms with Gasteiger partial charge in [0.2, 0.25) is 0 Å². The summed E-state index contributed by atoms with van der Waals surface area (Å²) >= 11 is 0. The molecule has 3 aliphatic rings. The van der Waals surface area contributed by atoms with E-state index < -0.39 is 6.10 Å². The van der Waals surface area contributed by atoms with E-state index in [1.54, 1.807) is 6.07 Å². The first kappa shape index (κ1) is 14.3. The zero-order valence-electron chi connectivity index (χ0n) is 12.9. The number of likely N-dealkylation sites (tertiary alicyclic amines) is 1. The molecule has 5 heteroatoms. The first-order valence-electron chi connectivity index (χ1n) is 8.16. The van der Waals surface area contributed by atoms with E-state index in [9.17, 15) is 9.90 Å². The fourth-order valence-electron chi connectivity index (χ4n) is 4.31. The Kier molecular flexibility index (Phi) is 3.50. The van der Waals surface area contributed by atoms with Crippen LogP contribution in [0.4, 0.5) is 0 Å². The average molecular weight is 298 g/mol. The number of β-amino-alcohol motifs (C(OH)–C–C–N with tert-alkyl or cyclic N) is 1. The van der Waals surface area contributed by atoms with Gasteiger partial charge >= 0.3 is 5.97 Å². The van der Waals surface area contributed by atoms with E-state index in [-0.39, 0.29) is 5.97 Å². The number of benzene rings is 1. The number of carbonyl (C=O) groups excluding carboxylic acids is 1. The van der Waals surface area contributed by atoms with Crippen LogP contribution < -0.4 is 0 Å². The molecular formula is C17H21BNO3. The zero-order chi connectivity index (χ0) is 15.3. The number of hydrogen-bond donors (Lipinski definition) is 1. The Morgan fingerprint density at radius 2 is 2.32 bits per heavy atom. The van der Waals surface area contributed by atoms with Crippen LogP contribution in [-0.4, -0.2) is 42.9 Å². The van der Waals surface area contributed by atoms with E-state index >= 15 is 0 Å². The molecular weight excluding hydrogens is 277 g/mol. The van der Waals surface area contributed by atoms with Crippen LogP contribution in [0.5, 0.6) is 0 Å². The van der Waals surface area contributed by atoms with Gasteiger partial charge in [0, 0.05) is 18.7 Å². The SMILES string of the molecule is Cc1c([C@@H](O)CN2CC3[B]CCC3C2)ccc2c1COC2=O. The van der Waals surface area contributed by atoms with Crippen LogP contribution in [0.15, 0.2) is 12.1 Å². The molecule has 3 heterocycles. The smallest absolute Gasteiger partial charge is 0.338 e. The average Bonchev–Trinajstić information content (AvgIpc) is 3.15. The maximum atomic E-state index is 11.6. The third kappa shape index (κ3) is 2.27. The van der Waals surface area contributed by atoms with Gasteiger partial charge in [-0.1, -0.05) is 24.6 Å². The predicted octanol–water partition coefficient (Wildman–Crippen LogP) is 1.95. The summed E-state index contributed by atoms with van der Waals surface area (Å²) in [6, 6.07) is 3.68. The fourth-order valence-corrected chi connectivity index (χ4v) is 4.31. The summed E-state index contributed by atoms with van der Waals surface area (Å²) in [4.78, 5) is 14.0. The molecule has 1 N–H and O–H groups in total.